The number of rotatable bonds is 4. The third kappa shape index (κ3) is 2.70. The van der Waals surface area contributed by atoms with E-state index in [9.17, 15) is 0 Å². The maximum atomic E-state index is 4.63. The summed E-state index contributed by atoms with van der Waals surface area (Å²) in [5, 5.41) is 3.56. The molecule has 2 fully saturated rings. The quantitative estimate of drug-likeness (QED) is 0.881. The molecule has 0 saturated heterocycles. The number of hydrogen-bond donors (Lipinski definition) is 1. The van der Waals surface area contributed by atoms with Gasteiger partial charge in [-0.3, -0.25) is 0 Å². The molecule has 1 N–H and O–H groups in total. The van der Waals surface area contributed by atoms with Crippen LogP contribution >= 0.6 is 0 Å². The van der Waals surface area contributed by atoms with E-state index in [1.807, 2.05) is 0 Å². The van der Waals surface area contributed by atoms with Crippen LogP contribution in [-0.2, 0) is 6.54 Å². The van der Waals surface area contributed by atoms with Crippen LogP contribution in [0.5, 0.6) is 0 Å². The van der Waals surface area contributed by atoms with E-state index in [-0.39, 0.29) is 0 Å². The maximum absolute atomic E-state index is 4.63. The lowest BCUT2D eigenvalue weighted by Crippen LogP contribution is -2.22. The molecule has 0 spiro atoms. The summed E-state index contributed by atoms with van der Waals surface area (Å²) in [6.07, 6.45) is 10.5. The monoisotopic (exact) mass is 247 g/mol. The molecule has 1 heterocycles. The Morgan fingerprint density at radius 1 is 1.28 bits per heavy atom. The van der Waals surface area contributed by atoms with Crippen LogP contribution in [0, 0.1) is 18.8 Å². The zero-order chi connectivity index (χ0) is 12.5. The van der Waals surface area contributed by atoms with Gasteiger partial charge >= 0.3 is 0 Å². The van der Waals surface area contributed by atoms with Crippen molar-refractivity contribution in [3.63, 3.8) is 0 Å². The van der Waals surface area contributed by atoms with E-state index in [4.69, 9.17) is 0 Å². The highest BCUT2D eigenvalue weighted by molar-refractivity contribution is 5.32. The summed E-state index contributed by atoms with van der Waals surface area (Å²) in [5.41, 5.74) is 1.14. The van der Waals surface area contributed by atoms with Gasteiger partial charge in [0.2, 0.25) is 5.95 Å². The highest BCUT2D eigenvalue weighted by Gasteiger charge is 2.25. The summed E-state index contributed by atoms with van der Waals surface area (Å²) in [7, 11) is 0. The average molecular weight is 247 g/mol. The lowest BCUT2D eigenvalue weighted by Gasteiger charge is -2.29. The van der Waals surface area contributed by atoms with Crippen LogP contribution in [0.2, 0.25) is 0 Å². The van der Waals surface area contributed by atoms with E-state index in [0.717, 1.165) is 30.0 Å². The van der Waals surface area contributed by atoms with E-state index in [1.54, 1.807) is 0 Å². The van der Waals surface area contributed by atoms with Gasteiger partial charge in [-0.25, -0.2) is 4.98 Å². The smallest absolute Gasteiger partial charge is 0.203 e. The number of hydrogen-bond acceptors (Lipinski definition) is 2. The van der Waals surface area contributed by atoms with Crippen LogP contribution in [0.1, 0.15) is 51.1 Å². The van der Waals surface area contributed by atoms with Gasteiger partial charge in [0.25, 0.3) is 0 Å². The number of aromatic nitrogens is 2. The standard InChI is InChI=1S/C15H25N3/c1-11-5-3-4-6-13(11)10-18-9-12(2)16-15(18)17-14-7-8-14/h9,11,13-14H,3-8,10H2,1-2H3,(H,16,17). The van der Waals surface area contributed by atoms with Gasteiger partial charge in [0.1, 0.15) is 0 Å². The molecule has 2 saturated carbocycles. The molecule has 0 radical (unpaired) electrons. The van der Waals surface area contributed by atoms with Crippen molar-refractivity contribution in [2.75, 3.05) is 5.32 Å². The van der Waals surface area contributed by atoms with Crippen LogP contribution in [0.25, 0.3) is 0 Å². The van der Waals surface area contributed by atoms with Gasteiger partial charge < -0.3 is 9.88 Å². The Kier molecular flexibility index (Phi) is 3.31. The van der Waals surface area contributed by atoms with Gasteiger partial charge in [0.05, 0.1) is 5.69 Å². The predicted octanol–water partition coefficient (Wildman–Crippen LogP) is 3.59. The SMILES string of the molecule is Cc1cn(CC2CCCCC2C)c(NC2CC2)n1. The molecule has 3 rings (SSSR count). The van der Waals surface area contributed by atoms with Crippen molar-refractivity contribution in [2.45, 2.75) is 65.0 Å². The van der Waals surface area contributed by atoms with E-state index in [0.29, 0.717) is 6.04 Å². The van der Waals surface area contributed by atoms with Crippen molar-refractivity contribution < 1.29 is 0 Å². The van der Waals surface area contributed by atoms with E-state index in [1.165, 1.54) is 38.5 Å². The molecule has 18 heavy (non-hydrogen) atoms. The fourth-order valence-electron chi connectivity index (χ4n) is 3.13. The Bertz CT molecular complexity index is 406. The molecule has 100 valence electrons. The molecular weight excluding hydrogens is 222 g/mol. The first-order chi connectivity index (χ1) is 8.72. The van der Waals surface area contributed by atoms with Crippen molar-refractivity contribution in [2.24, 2.45) is 11.8 Å². The molecule has 3 nitrogen and oxygen atoms in total. The van der Waals surface area contributed by atoms with Crippen LogP contribution in [0.15, 0.2) is 6.20 Å². The van der Waals surface area contributed by atoms with Gasteiger partial charge in [0.15, 0.2) is 0 Å². The van der Waals surface area contributed by atoms with Crippen LogP contribution in [-0.4, -0.2) is 15.6 Å². The largest absolute Gasteiger partial charge is 0.353 e. The second kappa shape index (κ2) is 4.94. The maximum Gasteiger partial charge on any atom is 0.203 e. The Morgan fingerprint density at radius 3 is 2.78 bits per heavy atom. The highest BCUT2D eigenvalue weighted by atomic mass is 15.2. The minimum absolute atomic E-state index is 0.689. The number of aryl methyl sites for hydroxylation is 1. The van der Waals surface area contributed by atoms with E-state index >= 15 is 0 Å². The zero-order valence-corrected chi connectivity index (χ0v) is 11.7. The molecule has 0 bridgehead atoms. The molecule has 2 aliphatic carbocycles. The number of anilines is 1. The van der Waals surface area contributed by atoms with Crippen LogP contribution in [0.4, 0.5) is 5.95 Å². The van der Waals surface area contributed by atoms with E-state index in [2.05, 4.69) is 34.9 Å². The van der Waals surface area contributed by atoms with Gasteiger partial charge in [-0.05, 0) is 38.0 Å². The van der Waals surface area contributed by atoms with Crippen molar-refractivity contribution in [3.8, 4) is 0 Å². The van der Waals surface area contributed by atoms with Gasteiger partial charge in [-0.1, -0.05) is 26.2 Å². The topological polar surface area (TPSA) is 29.9 Å². The Labute approximate surface area is 110 Å². The summed E-state index contributed by atoms with van der Waals surface area (Å²) < 4.78 is 2.36. The van der Waals surface area contributed by atoms with Crippen molar-refractivity contribution in [1.29, 1.82) is 0 Å². The second-order valence-electron chi connectivity index (χ2n) is 6.30. The van der Waals surface area contributed by atoms with Gasteiger partial charge in [0, 0.05) is 18.8 Å². The van der Waals surface area contributed by atoms with Crippen molar-refractivity contribution >= 4 is 5.95 Å². The van der Waals surface area contributed by atoms with Gasteiger partial charge in [-0.2, -0.15) is 0 Å². The molecule has 0 aromatic carbocycles. The molecule has 2 unspecified atom stereocenters. The molecule has 1 aromatic heterocycles. The fourth-order valence-corrected chi connectivity index (χ4v) is 3.13. The Morgan fingerprint density at radius 2 is 2.06 bits per heavy atom. The summed E-state index contributed by atoms with van der Waals surface area (Å²) >= 11 is 0. The predicted molar refractivity (Wildman–Crippen MR) is 74.7 cm³/mol. The molecular formula is C15H25N3. The zero-order valence-electron chi connectivity index (χ0n) is 11.7. The molecule has 0 aliphatic heterocycles. The molecule has 2 atom stereocenters. The first-order valence-corrected chi connectivity index (χ1v) is 7.52. The number of nitrogens with one attached hydrogen (secondary N) is 1. The lowest BCUT2D eigenvalue weighted by molar-refractivity contribution is 0.229. The van der Waals surface area contributed by atoms with Gasteiger partial charge in [-0.15, -0.1) is 0 Å². The Hall–Kier alpha value is -0.990. The van der Waals surface area contributed by atoms with Crippen molar-refractivity contribution in [3.05, 3.63) is 11.9 Å². The summed E-state index contributed by atoms with van der Waals surface area (Å²) in [6.45, 7) is 5.66. The van der Waals surface area contributed by atoms with E-state index < -0.39 is 0 Å². The van der Waals surface area contributed by atoms with Crippen LogP contribution < -0.4 is 5.32 Å². The van der Waals surface area contributed by atoms with Crippen LogP contribution in [0.3, 0.4) is 0 Å². The third-order valence-electron chi connectivity index (χ3n) is 4.53. The number of nitrogens with zero attached hydrogens (tertiary/aromatic N) is 2. The first kappa shape index (κ1) is 12.1. The number of imidazole rings is 1. The fraction of sp³-hybridized carbons (Fsp3) is 0.800. The summed E-state index contributed by atoms with van der Waals surface area (Å²) in [4.78, 5) is 4.63. The lowest BCUT2D eigenvalue weighted by atomic mass is 9.80. The molecule has 2 aliphatic rings. The summed E-state index contributed by atoms with van der Waals surface area (Å²) in [6, 6.07) is 0.689. The average Bonchev–Trinajstić information content (AvgIpc) is 3.07. The third-order valence-corrected chi connectivity index (χ3v) is 4.53. The summed E-state index contributed by atoms with van der Waals surface area (Å²) in [5.74, 6) is 2.81. The normalized spacial score (nSPS) is 28.3. The molecule has 0 amide bonds. The van der Waals surface area contributed by atoms with Crippen molar-refractivity contribution in [1.82, 2.24) is 9.55 Å². The molecule has 3 heteroatoms. The minimum Gasteiger partial charge on any atom is -0.353 e. The Balaban J connectivity index is 1.70. The first-order valence-electron chi connectivity index (χ1n) is 7.52. The molecule has 1 aromatic rings. The second-order valence-corrected chi connectivity index (χ2v) is 6.30. The minimum atomic E-state index is 0.689. The highest BCUT2D eigenvalue weighted by Crippen LogP contribution is 2.32.